The zero-order valence-electron chi connectivity index (χ0n) is 22.2. The van der Waals surface area contributed by atoms with Crippen LogP contribution in [-0.2, 0) is 20.8 Å². The first-order valence-corrected chi connectivity index (χ1v) is 13.3. The van der Waals surface area contributed by atoms with Crippen LogP contribution in [0.25, 0.3) is 5.76 Å². The number of nitrogens with zero attached hydrogens (tertiary/aromatic N) is 2. The Hall–Kier alpha value is -3.55. The number of Topliss-reactive ketones (excluding diaryl/α,β-unsaturated/α-hetero) is 2. The largest absolute Gasteiger partial charge is 0.508 e. The summed E-state index contributed by atoms with van der Waals surface area (Å²) in [6, 6.07) is 0.417. The number of thioether (sulfide) groups is 1. The molecule has 0 saturated heterocycles. The van der Waals surface area contributed by atoms with E-state index in [0.717, 1.165) is 11.8 Å². The maximum Gasteiger partial charge on any atom is 0.283 e. The van der Waals surface area contributed by atoms with Crippen LogP contribution in [0.1, 0.15) is 24.5 Å². The van der Waals surface area contributed by atoms with Gasteiger partial charge < -0.3 is 36.4 Å². The number of likely N-dealkylation sites (N-methyl/N-ethyl adjacent to an activating group) is 1. The summed E-state index contributed by atoms with van der Waals surface area (Å²) in [7, 11) is 6.58. The SMILES string of the molecule is CCSC(=O)Nc1cc(N(C)C)c2c(c1O)C(O)=C1C(=O)[C@@]3(O)C(O)=C(C(N)=O)C(=O)[C@H](N(C)C)[C@H]3C[C@H]1C2. The first-order chi connectivity index (χ1) is 18.2. The van der Waals surface area contributed by atoms with Crippen LogP contribution < -0.4 is 16.0 Å². The molecule has 39 heavy (non-hydrogen) atoms. The fraction of sp³-hybridized carbons (Fsp3) is 0.462. The van der Waals surface area contributed by atoms with E-state index in [1.54, 1.807) is 46.1 Å². The van der Waals surface area contributed by atoms with E-state index in [2.05, 4.69) is 5.32 Å². The maximum absolute atomic E-state index is 14.0. The van der Waals surface area contributed by atoms with Crippen LogP contribution in [0.15, 0.2) is 23.0 Å². The topological polar surface area (TPSA) is 194 Å². The number of phenols is 1. The average Bonchev–Trinajstić information content (AvgIpc) is 2.82. The molecule has 0 aliphatic heterocycles. The fourth-order valence-electron chi connectivity index (χ4n) is 6.06. The number of hydrogen-bond donors (Lipinski definition) is 6. The molecule has 1 aromatic carbocycles. The lowest BCUT2D eigenvalue weighted by molar-refractivity contribution is -0.153. The molecule has 0 spiro atoms. The highest BCUT2D eigenvalue weighted by Crippen LogP contribution is 2.54. The molecule has 2 amide bonds. The molecule has 3 aliphatic rings. The molecule has 0 bridgehead atoms. The summed E-state index contributed by atoms with van der Waals surface area (Å²) in [6.07, 6.45) is 0.137. The third-order valence-electron chi connectivity index (χ3n) is 7.69. The molecular weight excluding hydrogens is 528 g/mol. The zero-order chi connectivity index (χ0) is 29.1. The second-order valence-electron chi connectivity index (χ2n) is 10.3. The molecule has 4 rings (SSSR count). The highest BCUT2D eigenvalue weighted by molar-refractivity contribution is 8.13. The fourth-order valence-corrected chi connectivity index (χ4v) is 6.51. The number of ketones is 2. The number of aromatic hydroxyl groups is 1. The minimum absolute atomic E-state index is 0.00891. The number of anilines is 2. The number of rotatable bonds is 5. The summed E-state index contributed by atoms with van der Waals surface area (Å²) in [5.74, 6) is -6.78. The van der Waals surface area contributed by atoms with Gasteiger partial charge in [-0.3, -0.25) is 24.1 Å². The monoisotopic (exact) mass is 560 g/mol. The molecule has 0 unspecified atom stereocenters. The van der Waals surface area contributed by atoms with Crippen LogP contribution in [0.4, 0.5) is 16.2 Å². The standard InChI is InChI=1S/C26H32N4O8S/c1-6-39-25(37)28-13-9-14(29(2)3)11-7-10-8-12-18(30(4)5)21(33)17(24(27)36)23(35)26(12,38)22(34)15(10)20(32)16(11)19(13)31/h9-10,12,18,31-32,35,38H,6-8H2,1-5H3,(H2,27,36)(H,28,37)/t10-,12-,18-,26-/m1/s1. The predicted octanol–water partition coefficient (Wildman–Crippen LogP) is 1.31. The molecule has 12 nitrogen and oxygen atoms in total. The van der Waals surface area contributed by atoms with Gasteiger partial charge in [0.15, 0.2) is 17.1 Å². The Bertz CT molecular complexity index is 1370. The van der Waals surface area contributed by atoms with Gasteiger partial charge in [0.2, 0.25) is 5.78 Å². The Morgan fingerprint density at radius 2 is 1.82 bits per heavy atom. The molecule has 210 valence electrons. The average molecular weight is 561 g/mol. The van der Waals surface area contributed by atoms with Crippen molar-refractivity contribution in [2.75, 3.05) is 44.2 Å². The number of carbonyl (C=O) groups is 4. The van der Waals surface area contributed by atoms with Gasteiger partial charge in [-0.05, 0) is 50.2 Å². The predicted molar refractivity (Wildman–Crippen MR) is 146 cm³/mol. The first-order valence-electron chi connectivity index (χ1n) is 12.3. The molecule has 0 aromatic heterocycles. The van der Waals surface area contributed by atoms with Crippen molar-refractivity contribution < 1.29 is 39.6 Å². The van der Waals surface area contributed by atoms with Gasteiger partial charge in [-0.15, -0.1) is 0 Å². The summed E-state index contributed by atoms with van der Waals surface area (Å²) < 4.78 is 0. The third-order valence-corrected chi connectivity index (χ3v) is 8.34. The summed E-state index contributed by atoms with van der Waals surface area (Å²) in [6.45, 7) is 1.79. The number of hydrogen-bond acceptors (Lipinski definition) is 11. The van der Waals surface area contributed by atoms with Crippen molar-refractivity contribution in [3.63, 3.8) is 0 Å². The Morgan fingerprint density at radius 1 is 1.18 bits per heavy atom. The molecule has 1 saturated carbocycles. The van der Waals surface area contributed by atoms with E-state index < -0.39 is 69.0 Å². The molecule has 1 fully saturated rings. The van der Waals surface area contributed by atoms with Crippen molar-refractivity contribution in [2.45, 2.75) is 31.4 Å². The Balaban J connectivity index is 1.97. The number of primary amides is 1. The van der Waals surface area contributed by atoms with Crippen molar-refractivity contribution >= 4 is 51.6 Å². The van der Waals surface area contributed by atoms with E-state index in [4.69, 9.17) is 5.73 Å². The highest BCUT2D eigenvalue weighted by atomic mass is 32.2. The van der Waals surface area contributed by atoms with Gasteiger partial charge in [-0.2, -0.15) is 0 Å². The Labute approximate surface area is 229 Å². The van der Waals surface area contributed by atoms with Crippen LogP contribution >= 0.6 is 11.8 Å². The second-order valence-corrected chi connectivity index (χ2v) is 11.6. The number of aliphatic hydroxyl groups is 3. The van der Waals surface area contributed by atoms with Crippen molar-refractivity contribution in [3.05, 3.63) is 34.1 Å². The van der Waals surface area contributed by atoms with Gasteiger partial charge in [0, 0.05) is 31.3 Å². The molecule has 1 aromatic rings. The number of nitrogens with two attached hydrogens (primary N) is 1. The van der Waals surface area contributed by atoms with Crippen molar-refractivity contribution in [3.8, 4) is 5.75 Å². The second kappa shape index (κ2) is 9.88. The number of benzene rings is 1. The summed E-state index contributed by atoms with van der Waals surface area (Å²) >= 11 is 0.985. The van der Waals surface area contributed by atoms with Crippen LogP contribution in [0.5, 0.6) is 5.75 Å². The van der Waals surface area contributed by atoms with Crippen LogP contribution in [0.2, 0.25) is 0 Å². The Kier molecular flexibility index (Phi) is 7.21. The number of aliphatic hydroxyl groups excluding tert-OH is 2. The lowest BCUT2D eigenvalue weighted by Crippen LogP contribution is -2.65. The van der Waals surface area contributed by atoms with Gasteiger partial charge in [0.25, 0.3) is 11.1 Å². The molecular formula is C26H32N4O8S. The molecule has 4 atom stereocenters. The van der Waals surface area contributed by atoms with Crippen LogP contribution in [0.3, 0.4) is 0 Å². The Morgan fingerprint density at radius 3 is 2.36 bits per heavy atom. The number of amides is 2. The molecule has 3 aliphatic carbocycles. The molecule has 7 N–H and O–H groups in total. The number of carbonyl (C=O) groups excluding carboxylic acids is 4. The summed E-state index contributed by atoms with van der Waals surface area (Å²) in [5, 5.41) is 47.4. The highest BCUT2D eigenvalue weighted by Gasteiger charge is 2.64. The van der Waals surface area contributed by atoms with Gasteiger partial charge in [0.05, 0.1) is 17.3 Å². The quantitative estimate of drug-likeness (QED) is 0.225. The number of phenolic OH excluding ortho intramolecular Hbond substituents is 1. The van der Waals surface area contributed by atoms with Crippen molar-refractivity contribution in [1.29, 1.82) is 0 Å². The van der Waals surface area contributed by atoms with Crippen molar-refractivity contribution in [2.24, 2.45) is 17.6 Å². The van der Waals surface area contributed by atoms with Crippen LogP contribution in [0, 0.1) is 11.8 Å². The summed E-state index contributed by atoms with van der Waals surface area (Å²) in [5.41, 5.74) is 2.51. The van der Waals surface area contributed by atoms with Gasteiger partial charge in [0.1, 0.15) is 17.1 Å². The zero-order valence-corrected chi connectivity index (χ0v) is 23.0. The lowest BCUT2D eigenvalue weighted by atomic mass is 9.57. The minimum atomic E-state index is -2.71. The van der Waals surface area contributed by atoms with Gasteiger partial charge >= 0.3 is 0 Å². The van der Waals surface area contributed by atoms with E-state index in [1.165, 1.54) is 4.90 Å². The van der Waals surface area contributed by atoms with E-state index in [-0.39, 0.29) is 29.7 Å². The molecule has 0 heterocycles. The minimum Gasteiger partial charge on any atom is -0.508 e. The normalized spacial score (nSPS) is 26.3. The third kappa shape index (κ3) is 4.15. The van der Waals surface area contributed by atoms with Gasteiger partial charge in [-0.25, -0.2) is 0 Å². The first kappa shape index (κ1) is 28.5. The van der Waals surface area contributed by atoms with E-state index >= 15 is 0 Å². The number of nitrogens with one attached hydrogen (secondary N) is 1. The van der Waals surface area contributed by atoms with Gasteiger partial charge in [-0.1, -0.05) is 18.7 Å². The van der Waals surface area contributed by atoms with Crippen molar-refractivity contribution in [1.82, 2.24) is 4.90 Å². The van der Waals surface area contributed by atoms with E-state index in [1.807, 2.05) is 0 Å². The van der Waals surface area contributed by atoms with Crippen LogP contribution in [-0.4, -0.2) is 93.6 Å². The summed E-state index contributed by atoms with van der Waals surface area (Å²) in [4.78, 5) is 54.7. The smallest absolute Gasteiger partial charge is 0.283 e. The number of fused-ring (bicyclic) bond motifs is 3. The molecule has 0 radical (unpaired) electrons. The lowest BCUT2D eigenvalue weighted by Gasteiger charge is -2.50. The maximum atomic E-state index is 14.0. The van der Waals surface area contributed by atoms with E-state index in [0.29, 0.717) is 17.0 Å². The van der Waals surface area contributed by atoms with E-state index in [9.17, 15) is 39.6 Å². The molecule has 13 heteroatoms.